The van der Waals surface area contributed by atoms with Gasteiger partial charge in [-0.1, -0.05) is 12.1 Å². The number of halogens is 1. The van der Waals surface area contributed by atoms with Crippen LogP contribution in [-0.4, -0.2) is 22.4 Å². The zero-order valence-electron chi connectivity index (χ0n) is 10.5. The van der Waals surface area contributed by atoms with Gasteiger partial charge in [0.15, 0.2) is 5.76 Å². The molecule has 20 heavy (non-hydrogen) atoms. The van der Waals surface area contributed by atoms with Gasteiger partial charge in [0.1, 0.15) is 11.4 Å². The van der Waals surface area contributed by atoms with Crippen molar-refractivity contribution in [3.05, 3.63) is 52.7 Å². The number of furan rings is 1. The maximum atomic E-state index is 12.0. The van der Waals surface area contributed by atoms with Crippen LogP contribution in [-0.2, 0) is 6.42 Å². The van der Waals surface area contributed by atoms with E-state index in [1.807, 2.05) is 18.2 Å². The molecule has 0 saturated carbocycles. The Labute approximate surface area is 123 Å². The quantitative estimate of drug-likeness (QED) is 0.771. The number of nitrogens with one attached hydrogen (secondary N) is 2. The van der Waals surface area contributed by atoms with Crippen molar-refractivity contribution in [1.29, 1.82) is 0 Å². The van der Waals surface area contributed by atoms with Crippen LogP contribution in [0.15, 0.2) is 45.5 Å². The van der Waals surface area contributed by atoms with Gasteiger partial charge in [0, 0.05) is 30.7 Å². The van der Waals surface area contributed by atoms with Crippen LogP contribution in [0.2, 0.25) is 0 Å². The Hall–Kier alpha value is -2.08. The van der Waals surface area contributed by atoms with Gasteiger partial charge in [-0.25, -0.2) is 4.98 Å². The fourth-order valence-corrected chi connectivity index (χ4v) is 2.42. The maximum Gasteiger partial charge on any atom is 0.287 e. The highest BCUT2D eigenvalue weighted by molar-refractivity contribution is 9.10. The van der Waals surface area contributed by atoms with Crippen LogP contribution in [0.4, 0.5) is 0 Å². The van der Waals surface area contributed by atoms with Crippen LogP contribution < -0.4 is 5.32 Å². The Morgan fingerprint density at radius 3 is 3.10 bits per heavy atom. The molecule has 1 aromatic carbocycles. The van der Waals surface area contributed by atoms with Gasteiger partial charge in [0.25, 0.3) is 5.91 Å². The summed E-state index contributed by atoms with van der Waals surface area (Å²) < 4.78 is 6.40. The van der Waals surface area contributed by atoms with Crippen molar-refractivity contribution in [2.75, 3.05) is 6.54 Å². The minimum atomic E-state index is -0.223. The summed E-state index contributed by atoms with van der Waals surface area (Å²) in [6, 6.07) is 7.43. The first-order valence-electron chi connectivity index (χ1n) is 6.18. The van der Waals surface area contributed by atoms with Crippen molar-refractivity contribution in [3.8, 4) is 0 Å². The lowest BCUT2D eigenvalue weighted by molar-refractivity contribution is 0.0928. The number of carbonyl (C=O) groups excluding carboxylic acids is 1. The van der Waals surface area contributed by atoms with Crippen molar-refractivity contribution in [3.63, 3.8) is 0 Å². The molecule has 102 valence electrons. The zero-order chi connectivity index (χ0) is 13.9. The molecule has 5 nitrogen and oxygen atoms in total. The minimum Gasteiger partial charge on any atom is -0.450 e. The summed E-state index contributed by atoms with van der Waals surface area (Å²) in [5, 5.41) is 3.71. The molecule has 2 N–H and O–H groups in total. The molecule has 0 fully saturated rings. The second-order valence-corrected chi connectivity index (χ2v) is 5.16. The van der Waals surface area contributed by atoms with Crippen LogP contribution in [0.5, 0.6) is 0 Å². The Morgan fingerprint density at radius 1 is 1.45 bits per heavy atom. The molecule has 1 amide bonds. The van der Waals surface area contributed by atoms with E-state index in [1.54, 1.807) is 18.5 Å². The van der Waals surface area contributed by atoms with Crippen LogP contribution in [0.1, 0.15) is 16.4 Å². The van der Waals surface area contributed by atoms with E-state index in [4.69, 9.17) is 4.42 Å². The highest BCUT2D eigenvalue weighted by Crippen LogP contribution is 2.26. The molecule has 0 radical (unpaired) electrons. The van der Waals surface area contributed by atoms with E-state index in [-0.39, 0.29) is 5.91 Å². The molecule has 0 aliphatic carbocycles. The number of hydrogen-bond donors (Lipinski definition) is 2. The lowest BCUT2D eigenvalue weighted by Gasteiger charge is -2.00. The van der Waals surface area contributed by atoms with Gasteiger partial charge < -0.3 is 14.7 Å². The Kier molecular flexibility index (Phi) is 3.56. The topological polar surface area (TPSA) is 70.9 Å². The van der Waals surface area contributed by atoms with E-state index in [0.29, 0.717) is 24.3 Å². The van der Waals surface area contributed by atoms with E-state index in [0.717, 1.165) is 15.7 Å². The normalized spacial score (nSPS) is 10.8. The fourth-order valence-electron chi connectivity index (χ4n) is 1.96. The summed E-state index contributed by atoms with van der Waals surface area (Å²) >= 11 is 3.40. The maximum absolute atomic E-state index is 12.0. The fraction of sp³-hybridized carbons (Fsp3) is 0.143. The second-order valence-electron chi connectivity index (χ2n) is 4.31. The monoisotopic (exact) mass is 333 g/mol. The number of aromatic amines is 1. The summed E-state index contributed by atoms with van der Waals surface area (Å²) in [6.45, 7) is 0.505. The van der Waals surface area contributed by atoms with Crippen LogP contribution in [0, 0.1) is 0 Å². The van der Waals surface area contributed by atoms with Crippen molar-refractivity contribution >= 4 is 32.8 Å². The average molecular weight is 334 g/mol. The second kappa shape index (κ2) is 5.50. The van der Waals surface area contributed by atoms with Gasteiger partial charge >= 0.3 is 0 Å². The van der Waals surface area contributed by atoms with Gasteiger partial charge in [-0.2, -0.15) is 0 Å². The minimum absolute atomic E-state index is 0.223. The van der Waals surface area contributed by atoms with Crippen molar-refractivity contribution in [2.24, 2.45) is 0 Å². The number of hydrogen-bond acceptors (Lipinski definition) is 3. The molecular weight excluding hydrogens is 322 g/mol. The van der Waals surface area contributed by atoms with E-state index in [2.05, 4.69) is 31.2 Å². The molecule has 0 atom stereocenters. The highest BCUT2D eigenvalue weighted by atomic mass is 79.9. The SMILES string of the molecule is O=C(NCCc1ncc[nH]1)c1cc2cccc(Br)c2o1. The Bertz CT molecular complexity index is 734. The third-order valence-corrected chi connectivity index (χ3v) is 3.55. The molecule has 0 saturated heterocycles. The summed E-state index contributed by atoms with van der Waals surface area (Å²) in [6.07, 6.45) is 4.10. The Morgan fingerprint density at radius 2 is 2.35 bits per heavy atom. The molecule has 0 bridgehead atoms. The van der Waals surface area contributed by atoms with E-state index in [1.165, 1.54) is 0 Å². The molecule has 0 unspecified atom stereocenters. The van der Waals surface area contributed by atoms with Crippen molar-refractivity contribution < 1.29 is 9.21 Å². The van der Waals surface area contributed by atoms with Gasteiger partial charge in [-0.3, -0.25) is 4.79 Å². The molecule has 0 aliphatic heterocycles. The van der Waals surface area contributed by atoms with Crippen molar-refractivity contribution in [1.82, 2.24) is 15.3 Å². The molecule has 0 spiro atoms. The number of carbonyl (C=O) groups is 1. The van der Waals surface area contributed by atoms with E-state index >= 15 is 0 Å². The summed E-state index contributed by atoms with van der Waals surface area (Å²) in [5.41, 5.74) is 0.684. The third-order valence-electron chi connectivity index (χ3n) is 2.92. The van der Waals surface area contributed by atoms with Gasteiger partial charge in [-0.05, 0) is 28.1 Å². The third kappa shape index (κ3) is 2.60. The molecule has 0 aliphatic rings. The number of amides is 1. The molecule has 3 aromatic rings. The molecular formula is C14H12BrN3O2. The van der Waals surface area contributed by atoms with Crippen LogP contribution in [0.3, 0.4) is 0 Å². The number of fused-ring (bicyclic) bond motifs is 1. The number of aromatic nitrogens is 2. The van der Waals surface area contributed by atoms with Crippen LogP contribution >= 0.6 is 15.9 Å². The standard InChI is InChI=1S/C14H12BrN3O2/c15-10-3-1-2-9-8-11(20-13(9)10)14(19)18-5-4-12-16-6-7-17-12/h1-3,6-8H,4-5H2,(H,16,17)(H,18,19). The number of H-pyrrole nitrogens is 1. The van der Waals surface area contributed by atoms with E-state index < -0.39 is 0 Å². The molecule has 2 heterocycles. The lowest BCUT2D eigenvalue weighted by Crippen LogP contribution is -2.25. The van der Waals surface area contributed by atoms with Gasteiger partial charge in [-0.15, -0.1) is 0 Å². The molecule has 6 heteroatoms. The number of para-hydroxylation sites is 1. The Balaban J connectivity index is 1.68. The number of benzene rings is 1. The van der Waals surface area contributed by atoms with Gasteiger partial charge in [0.2, 0.25) is 0 Å². The number of imidazole rings is 1. The average Bonchev–Trinajstić information content (AvgIpc) is 3.07. The van der Waals surface area contributed by atoms with Crippen LogP contribution in [0.25, 0.3) is 11.0 Å². The summed E-state index contributed by atoms with van der Waals surface area (Å²) in [7, 11) is 0. The first-order valence-corrected chi connectivity index (χ1v) is 6.98. The molecule has 3 rings (SSSR count). The number of nitrogens with zero attached hydrogens (tertiary/aromatic N) is 1. The first kappa shape index (κ1) is 12.9. The smallest absolute Gasteiger partial charge is 0.287 e. The highest BCUT2D eigenvalue weighted by Gasteiger charge is 2.13. The summed E-state index contributed by atoms with van der Waals surface area (Å²) in [5.74, 6) is 0.934. The predicted molar refractivity (Wildman–Crippen MR) is 78.5 cm³/mol. The zero-order valence-corrected chi connectivity index (χ0v) is 12.1. The summed E-state index contributed by atoms with van der Waals surface area (Å²) in [4.78, 5) is 19.1. The predicted octanol–water partition coefficient (Wildman–Crippen LogP) is 2.89. The van der Waals surface area contributed by atoms with Crippen molar-refractivity contribution in [2.45, 2.75) is 6.42 Å². The largest absolute Gasteiger partial charge is 0.450 e. The first-order chi connectivity index (χ1) is 9.74. The van der Waals surface area contributed by atoms with E-state index in [9.17, 15) is 4.79 Å². The lowest BCUT2D eigenvalue weighted by atomic mass is 10.2. The number of rotatable bonds is 4. The van der Waals surface area contributed by atoms with Gasteiger partial charge in [0.05, 0.1) is 4.47 Å². The molecule has 2 aromatic heterocycles.